The molecule has 6 heteroatoms. The zero-order valence-electron chi connectivity index (χ0n) is 13.2. The van der Waals surface area contributed by atoms with E-state index in [4.69, 9.17) is 0 Å². The number of benzene rings is 2. The minimum absolute atomic E-state index is 0.196. The van der Waals surface area contributed by atoms with Crippen LogP contribution in [0.4, 0.5) is 10.1 Å². The zero-order valence-corrected chi connectivity index (χ0v) is 14.8. The van der Waals surface area contributed by atoms with Crippen LogP contribution in [0.1, 0.15) is 11.3 Å². The van der Waals surface area contributed by atoms with Gasteiger partial charge in [-0.1, -0.05) is 24.3 Å². The molecule has 0 amide bonds. The van der Waals surface area contributed by atoms with Gasteiger partial charge in [0, 0.05) is 13.3 Å². The summed E-state index contributed by atoms with van der Waals surface area (Å²) in [5.74, 6) is -0.338. The first-order valence-corrected chi connectivity index (χ1v) is 8.11. The van der Waals surface area contributed by atoms with E-state index >= 15 is 0 Å². The lowest BCUT2D eigenvalue weighted by Crippen LogP contribution is -2.19. The number of hydrogen-bond acceptors (Lipinski definition) is 2. The van der Waals surface area contributed by atoms with Gasteiger partial charge in [-0.2, -0.15) is 0 Å². The predicted molar refractivity (Wildman–Crippen MR) is 97.1 cm³/mol. The van der Waals surface area contributed by atoms with Gasteiger partial charge in [-0.15, -0.1) is 0 Å². The Kier molecular flexibility index (Phi) is 4.49. The van der Waals surface area contributed by atoms with E-state index in [0.29, 0.717) is 15.7 Å². The quantitative estimate of drug-likeness (QED) is 0.622. The van der Waals surface area contributed by atoms with E-state index in [2.05, 4.69) is 20.9 Å². The smallest absolute Gasteiger partial charge is 0.283 e. The second-order valence-electron chi connectivity index (χ2n) is 5.34. The summed E-state index contributed by atoms with van der Waals surface area (Å²) in [6.07, 6.45) is 1.56. The number of para-hydroxylation sites is 1. The summed E-state index contributed by atoms with van der Waals surface area (Å²) >= 11 is 3.14. The van der Waals surface area contributed by atoms with Crippen molar-refractivity contribution in [3.63, 3.8) is 0 Å². The summed E-state index contributed by atoms with van der Waals surface area (Å²) in [6.45, 7) is 1.84. The molecule has 0 aliphatic heterocycles. The van der Waals surface area contributed by atoms with Crippen LogP contribution in [0.5, 0.6) is 0 Å². The highest BCUT2D eigenvalue weighted by molar-refractivity contribution is 9.10. The van der Waals surface area contributed by atoms with E-state index in [-0.39, 0.29) is 11.4 Å². The Hall–Kier alpha value is -2.47. The monoisotopic (exact) mass is 387 g/mol. The Morgan fingerprint density at radius 2 is 1.88 bits per heavy atom. The summed E-state index contributed by atoms with van der Waals surface area (Å²) in [7, 11) is 1.82. The molecule has 0 saturated heterocycles. The first-order valence-electron chi connectivity index (χ1n) is 7.32. The van der Waals surface area contributed by atoms with Crippen LogP contribution in [0.15, 0.2) is 62.8 Å². The molecule has 24 heavy (non-hydrogen) atoms. The molecule has 3 aromatic rings. The highest BCUT2D eigenvalue weighted by atomic mass is 79.9. The van der Waals surface area contributed by atoms with E-state index in [0.717, 1.165) is 11.4 Å². The van der Waals surface area contributed by atoms with E-state index in [1.165, 1.54) is 6.07 Å². The van der Waals surface area contributed by atoms with Crippen LogP contribution in [0.25, 0.3) is 5.69 Å². The van der Waals surface area contributed by atoms with E-state index in [1.54, 1.807) is 27.7 Å². The van der Waals surface area contributed by atoms with Crippen molar-refractivity contribution in [1.29, 1.82) is 0 Å². The molecule has 4 nitrogen and oxygen atoms in total. The van der Waals surface area contributed by atoms with E-state index < -0.39 is 0 Å². The molecule has 0 aliphatic carbocycles. The Morgan fingerprint density at radius 1 is 1.17 bits per heavy atom. The summed E-state index contributed by atoms with van der Waals surface area (Å²) < 4.78 is 17.0. The fourth-order valence-corrected chi connectivity index (χ4v) is 2.83. The third-order valence-corrected chi connectivity index (χ3v) is 4.42. The van der Waals surface area contributed by atoms with Gasteiger partial charge in [-0.3, -0.25) is 9.48 Å². The van der Waals surface area contributed by atoms with Gasteiger partial charge in [-0.25, -0.2) is 14.1 Å². The van der Waals surface area contributed by atoms with Crippen LogP contribution < -0.4 is 5.56 Å². The van der Waals surface area contributed by atoms with Crippen molar-refractivity contribution in [2.75, 3.05) is 0 Å². The van der Waals surface area contributed by atoms with Crippen LogP contribution >= 0.6 is 15.9 Å². The third kappa shape index (κ3) is 2.97. The fraction of sp³-hybridized carbons (Fsp3) is 0.111. The minimum Gasteiger partial charge on any atom is -0.283 e. The number of aliphatic imine (C=N–C) groups is 1. The predicted octanol–water partition coefficient (Wildman–Crippen LogP) is 4.14. The molecule has 0 saturated carbocycles. The van der Waals surface area contributed by atoms with Gasteiger partial charge in [0.25, 0.3) is 5.56 Å². The number of halogens is 2. The van der Waals surface area contributed by atoms with Gasteiger partial charge < -0.3 is 0 Å². The molecule has 3 rings (SSSR count). The third-order valence-electron chi connectivity index (χ3n) is 3.81. The van der Waals surface area contributed by atoms with Gasteiger partial charge in [0.15, 0.2) is 5.69 Å². The van der Waals surface area contributed by atoms with Crippen LogP contribution in [-0.4, -0.2) is 15.6 Å². The van der Waals surface area contributed by atoms with Crippen molar-refractivity contribution >= 4 is 27.8 Å². The maximum absolute atomic E-state index is 13.3. The molecule has 0 atom stereocenters. The zero-order chi connectivity index (χ0) is 17.3. The topological polar surface area (TPSA) is 39.3 Å². The summed E-state index contributed by atoms with van der Waals surface area (Å²) in [5.41, 5.74) is 2.40. The fourth-order valence-electron chi connectivity index (χ4n) is 2.43. The van der Waals surface area contributed by atoms with E-state index in [9.17, 15) is 9.18 Å². The largest absolute Gasteiger partial charge is 0.297 e. The summed E-state index contributed by atoms with van der Waals surface area (Å²) in [6, 6.07) is 14.0. The second-order valence-corrected chi connectivity index (χ2v) is 6.20. The maximum Gasteiger partial charge on any atom is 0.297 e. The average molecular weight is 388 g/mol. The molecule has 0 aliphatic rings. The van der Waals surface area contributed by atoms with Crippen molar-refractivity contribution in [3.8, 4) is 5.69 Å². The summed E-state index contributed by atoms with van der Waals surface area (Å²) in [4.78, 5) is 17.0. The van der Waals surface area contributed by atoms with Gasteiger partial charge in [-0.05, 0) is 52.7 Å². The summed E-state index contributed by atoms with van der Waals surface area (Å²) in [5, 5.41) is 0. The molecule has 1 heterocycles. The Balaban J connectivity index is 2.05. The number of hydrogen-bond donors (Lipinski definition) is 0. The van der Waals surface area contributed by atoms with Crippen LogP contribution in [-0.2, 0) is 7.05 Å². The lowest BCUT2D eigenvalue weighted by Gasteiger charge is -2.07. The SMILES string of the molecule is Cc1c(N=Cc2ccc(F)c(Br)c2)c(=O)n(-c2ccccc2)n1C. The molecule has 0 radical (unpaired) electrons. The van der Waals surface area contributed by atoms with Crippen molar-refractivity contribution in [2.24, 2.45) is 12.0 Å². The molecule has 0 fully saturated rings. The molecule has 0 unspecified atom stereocenters. The van der Waals surface area contributed by atoms with Gasteiger partial charge >= 0.3 is 0 Å². The average Bonchev–Trinajstić information content (AvgIpc) is 2.79. The lowest BCUT2D eigenvalue weighted by atomic mass is 10.2. The Morgan fingerprint density at radius 3 is 2.54 bits per heavy atom. The van der Waals surface area contributed by atoms with Crippen molar-refractivity contribution < 1.29 is 4.39 Å². The highest BCUT2D eigenvalue weighted by Gasteiger charge is 2.14. The van der Waals surface area contributed by atoms with Gasteiger partial charge in [0.05, 0.1) is 15.9 Å². The highest BCUT2D eigenvalue weighted by Crippen LogP contribution is 2.18. The second kappa shape index (κ2) is 6.57. The molecular formula is C18H15BrFN3O. The maximum atomic E-state index is 13.3. The molecule has 122 valence electrons. The standard InChI is InChI=1S/C18H15BrFN3O/c1-12-17(21-11-13-8-9-16(20)15(19)10-13)18(24)23(22(12)2)14-6-4-3-5-7-14/h3-11H,1-2H3. The molecule has 0 N–H and O–H groups in total. The number of aromatic nitrogens is 2. The molecular weight excluding hydrogens is 373 g/mol. The minimum atomic E-state index is -0.338. The number of nitrogens with zero attached hydrogens (tertiary/aromatic N) is 3. The van der Waals surface area contributed by atoms with Crippen LogP contribution in [0.3, 0.4) is 0 Å². The van der Waals surface area contributed by atoms with Crippen LogP contribution in [0, 0.1) is 12.7 Å². The first kappa shape index (κ1) is 16.4. The van der Waals surface area contributed by atoms with Gasteiger partial charge in [0.2, 0.25) is 0 Å². The van der Waals surface area contributed by atoms with Crippen molar-refractivity contribution in [2.45, 2.75) is 6.92 Å². The molecule has 2 aromatic carbocycles. The lowest BCUT2D eigenvalue weighted by molar-refractivity contribution is 0.621. The first-order chi connectivity index (χ1) is 11.5. The van der Waals surface area contributed by atoms with E-state index in [1.807, 2.05) is 44.3 Å². The van der Waals surface area contributed by atoms with Crippen molar-refractivity contribution in [3.05, 3.63) is 80.4 Å². The Bertz CT molecular complexity index is 974. The molecule has 0 spiro atoms. The molecule has 1 aromatic heterocycles. The normalized spacial score (nSPS) is 11.3. The molecule has 0 bridgehead atoms. The Labute approximate surface area is 147 Å². The van der Waals surface area contributed by atoms with Crippen LogP contribution in [0.2, 0.25) is 0 Å². The number of rotatable bonds is 3. The van der Waals surface area contributed by atoms with Gasteiger partial charge in [0.1, 0.15) is 5.82 Å². The van der Waals surface area contributed by atoms with Crippen molar-refractivity contribution in [1.82, 2.24) is 9.36 Å².